The van der Waals surface area contributed by atoms with Crippen molar-refractivity contribution in [3.63, 3.8) is 0 Å². The van der Waals surface area contributed by atoms with Gasteiger partial charge in [0.2, 0.25) is 0 Å². The molecule has 5 heteroatoms. The van der Waals surface area contributed by atoms with E-state index in [1.165, 1.54) is 0 Å². The molecule has 0 fully saturated rings. The van der Waals surface area contributed by atoms with Crippen molar-refractivity contribution in [1.29, 1.82) is 0 Å². The molecule has 0 saturated heterocycles. The summed E-state index contributed by atoms with van der Waals surface area (Å²) < 4.78 is -2.10. The van der Waals surface area contributed by atoms with Gasteiger partial charge >= 0.3 is 0 Å². The standard InChI is InChI=1S/CH2Cl3PS/c2-1-5(3,4)6/h1H2. The van der Waals surface area contributed by atoms with Gasteiger partial charge in [-0.05, 0) is 0 Å². The van der Waals surface area contributed by atoms with Crippen molar-refractivity contribution in [3.8, 4) is 0 Å². The SMILES string of the molecule is S=P(Cl)(Cl)CCl. The number of halogens is 3. The molecule has 0 heterocycles. The van der Waals surface area contributed by atoms with Gasteiger partial charge < -0.3 is 0 Å². The smallest absolute Gasteiger partial charge is 0.118 e. The Labute approximate surface area is 56.4 Å². The number of hydrogen-bond donors (Lipinski definition) is 0. The molecule has 0 aliphatic heterocycles. The van der Waals surface area contributed by atoms with Gasteiger partial charge in [0, 0.05) is 0 Å². The molecule has 0 amide bonds. The number of rotatable bonds is 1. The largest absolute Gasteiger partial charge is 0.133 e. The first kappa shape index (κ1) is 7.52. The van der Waals surface area contributed by atoms with Crippen LogP contribution in [0.4, 0.5) is 0 Å². The monoisotopic (exact) mass is 182 g/mol. The van der Waals surface area contributed by atoms with Crippen LogP contribution in [-0.2, 0) is 11.8 Å². The van der Waals surface area contributed by atoms with E-state index in [2.05, 4.69) is 11.8 Å². The summed E-state index contributed by atoms with van der Waals surface area (Å²) in [4.78, 5) is 0. The van der Waals surface area contributed by atoms with Crippen LogP contribution in [0.3, 0.4) is 0 Å². The maximum absolute atomic E-state index is 5.28. The van der Waals surface area contributed by atoms with Crippen LogP contribution in [-0.4, -0.2) is 5.62 Å². The van der Waals surface area contributed by atoms with Crippen LogP contribution in [0.1, 0.15) is 0 Å². The summed E-state index contributed by atoms with van der Waals surface area (Å²) in [5, 5.41) is 0. The maximum Gasteiger partial charge on any atom is 0.133 e. The summed E-state index contributed by atoms with van der Waals surface area (Å²) in [6, 6.07) is 0. The van der Waals surface area contributed by atoms with Crippen LogP contribution >= 0.6 is 38.8 Å². The molecule has 0 rings (SSSR count). The van der Waals surface area contributed by atoms with E-state index in [0.29, 0.717) is 0 Å². The second kappa shape index (κ2) is 2.74. The van der Waals surface area contributed by atoms with E-state index in [0.717, 1.165) is 0 Å². The van der Waals surface area contributed by atoms with Crippen molar-refractivity contribution in [2.24, 2.45) is 0 Å². The lowest BCUT2D eigenvalue weighted by Crippen LogP contribution is -1.52. The third kappa shape index (κ3) is 5.52. The van der Waals surface area contributed by atoms with Gasteiger partial charge in [-0.1, -0.05) is 34.3 Å². The molecule has 0 aromatic heterocycles. The van der Waals surface area contributed by atoms with Gasteiger partial charge in [-0.15, -0.1) is 11.6 Å². The summed E-state index contributed by atoms with van der Waals surface area (Å²) in [5.41, 5.74) is 0.200. The Morgan fingerprint density at radius 1 is 1.50 bits per heavy atom. The van der Waals surface area contributed by atoms with Gasteiger partial charge in [0.15, 0.2) is 0 Å². The Balaban J connectivity index is 3.48. The molecular formula is CH2Cl3PS. The molecule has 0 aromatic rings. The molecule has 0 radical (unpaired) electrons. The quantitative estimate of drug-likeness (QED) is 0.445. The molecule has 0 N–H and O–H groups in total. The van der Waals surface area contributed by atoms with E-state index in [1.54, 1.807) is 0 Å². The fourth-order valence-corrected chi connectivity index (χ4v) is 0. The van der Waals surface area contributed by atoms with E-state index < -0.39 is 4.74 Å². The van der Waals surface area contributed by atoms with Crippen LogP contribution in [0.5, 0.6) is 0 Å². The Morgan fingerprint density at radius 3 is 1.67 bits per heavy atom. The number of hydrogen-bond acceptors (Lipinski definition) is 1. The summed E-state index contributed by atoms with van der Waals surface area (Å²) in [6.07, 6.45) is 0. The summed E-state index contributed by atoms with van der Waals surface area (Å²) in [6.45, 7) is 0. The predicted octanol–water partition coefficient (Wildman–Crippen LogP) is 2.97. The molecule has 6 heavy (non-hydrogen) atoms. The topological polar surface area (TPSA) is 0 Å². The van der Waals surface area contributed by atoms with Crippen LogP contribution in [0, 0.1) is 0 Å². The second-order valence-corrected chi connectivity index (χ2v) is 9.84. The molecule has 0 nitrogen and oxygen atoms in total. The summed E-state index contributed by atoms with van der Waals surface area (Å²) >= 11 is 20.2. The first-order chi connectivity index (χ1) is 2.56. The molecular weight excluding hydrogens is 181 g/mol. The zero-order chi connectivity index (χ0) is 5.21. The minimum atomic E-state index is -2.10. The lowest BCUT2D eigenvalue weighted by Gasteiger charge is -1.91. The minimum absolute atomic E-state index is 0.200. The first-order valence-corrected chi connectivity index (χ1v) is 6.44. The van der Waals surface area contributed by atoms with E-state index in [-0.39, 0.29) is 5.62 Å². The molecule has 0 spiro atoms. The van der Waals surface area contributed by atoms with E-state index in [4.69, 9.17) is 34.1 Å². The van der Waals surface area contributed by atoms with Crippen LogP contribution in [0.2, 0.25) is 0 Å². The van der Waals surface area contributed by atoms with E-state index in [9.17, 15) is 0 Å². The number of alkyl halides is 1. The zero-order valence-electron chi connectivity index (χ0n) is 2.70. The highest BCUT2D eigenvalue weighted by molar-refractivity contribution is 8.39. The fourth-order valence-electron chi connectivity index (χ4n) is 0. The van der Waals surface area contributed by atoms with Crippen molar-refractivity contribution in [2.45, 2.75) is 0 Å². The van der Waals surface area contributed by atoms with Crippen LogP contribution in [0.15, 0.2) is 0 Å². The molecule has 0 aromatic carbocycles. The van der Waals surface area contributed by atoms with Gasteiger partial charge in [0.1, 0.15) is 4.74 Å². The molecule has 38 valence electrons. The van der Waals surface area contributed by atoms with Crippen LogP contribution < -0.4 is 0 Å². The third-order valence-corrected chi connectivity index (χ3v) is 3.76. The van der Waals surface area contributed by atoms with Gasteiger partial charge in [0.25, 0.3) is 0 Å². The summed E-state index contributed by atoms with van der Waals surface area (Å²) in [7, 11) is 0. The third-order valence-electron chi connectivity index (χ3n) is 0.139. The Bertz CT molecular complexity index is 74.9. The van der Waals surface area contributed by atoms with Gasteiger partial charge in [-0.3, -0.25) is 0 Å². The molecule has 0 aliphatic rings. The van der Waals surface area contributed by atoms with Crippen molar-refractivity contribution < 1.29 is 0 Å². The lowest BCUT2D eigenvalue weighted by atomic mass is 11.9. The maximum atomic E-state index is 5.28. The predicted molar refractivity (Wildman–Crippen MR) is 36.7 cm³/mol. The lowest BCUT2D eigenvalue weighted by molar-refractivity contribution is 2.23. The molecule has 0 unspecified atom stereocenters. The average Bonchev–Trinajstić information content (AvgIpc) is 1.35. The molecule has 0 atom stereocenters. The Kier molecular flexibility index (Phi) is 3.43. The van der Waals surface area contributed by atoms with Gasteiger partial charge in [-0.2, -0.15) is 0 Å². The highest BCUT2D eigenvalue weighted by Gasteiger charge is 2.02. The highest BCUT2D eigenvalue weighted by atomic mass is 35.9. The summed E-state index contributed by atoms with van der Waals surface area (Å²) in [5.74, 6) is 0. The molecule has 0 aliphatic carbocycles. The molecule has 0 saturated carbocycles. The van der Waals surface area contributed by atoms with Crippen molar-refractivity contribution in [1.82, 2.24) is 0 Å². The Morgan fingerprint density at radius 2 is 1.67 bits per heavy atom. The normalized spacial score (nSPS) is 11.8. The molecule has 0 bridgehead atoms. The minimum Gasteiger partial charge on any atom is -0.118 e. The van der Waals surface area contributed by atoms with Crippen molar-refractivity contribution >= 4 is 50.6 Å². The van der Waals surface area contributed by atoms with E-state index in [1.807, 2.05) is 0 Å². The Hall–Kier alpha value is 1.52. The first-order valence-electron chi connectivity index (χ1n) is 1.10. The average molecular weight is 183 g/mol. The van der Waals surface area contributed by atoms with Crippen molar-refractivity contribution in [2.75, 3.05) is 5.62 Å². The second-order valence-electron chi connectivity index (χ2n) is 0.690. The highest BCUT2D eigenvalue weighted by Crippen LogP contribution is 2.57. The van der Waals surface area contributed by atoms with Crippen LogP contribution in [0.25, 0.3) is 0 Å². The fraction of sp³-hybridized carbons (Fsp3) is 1.00. The van der Waals surface area contributed by atoms with Gasteiger partial charge in [0.05, 0.1) is 5.62 Å². The zero-order valence-corrected chi connectivity index (χ0v) is 6.68. The van der Waals surface area contributed by atoms with E-state index >= 15 is 0 Å². The van der Waals surface area contributed by atoms with Gasteiger partial charge in [-0.25, -0.2) is 0 Å². The van der Waals surface area contributed by atoms with Crippen molar-refractivity contribution in [3.05, 3.63) is 0 Å².